The third-order valence-corrected chi connectivity index (χ3v) is 7.58. The quantitative estimate of drug-likeness (QED) is 0.604. The van der Waals surface area contributed by atoms with Crippen LogP contribution in [0.15, 0.2) is 48.7 Å². The van der Waals surface area contributed by atoms with Gasteiger partial charge in [0.15, 0.2) is 5.52 Å². The van der Waals surface area contributed by atoms with E-state index in [0.29, 0.717) is 10.7 Å². The lowest BCUT2D eigenvalue weighted by Gasteiger charge is -2.56. The summed E-state index contributed by atoms with van der Waals surface area (Å²) in [5.41, 5.74) is 2.49. The lowest BCUT2D eigenvalue weighted by Crippen LogP contribution is -2.59. The number of amides is 1. The third-order valence-electron chi connectivity index (χ3n) is 7.34. The highest BCUT2D eigenvalue weighted by Gasteiger charge is 2.52. The number of imidazole rings is 1. The van der Waals surface area contributed by atoms with Crippen molar-refractivity contribution in [3.05, 3.63) is 59.4 Å². The minimum atomic E-state index is -0.00106. The standard InChI is InChI=1S/C24H24ClN3O/c25-19-5-3-4-18(11-19)22-26-21(20-6-1-2-7-28(20)22)23(29)27-24-12-15-8-16(13-24)10-17(9-15)14-24/h1-7,11,15-17H,8-10,12-14H2,(H,27,29)/p+1. The van der Waals surface area contributed by atoms with E-state index in [9.17, 15) is 4.79 Å². The van der Waals surface area contributed by atoms with Gasteiger partial charge in [-0.05, 0) is 86.6 Å². The highest BCUT2D eigenvalue weighted by Crippen LogP contribution is 2.55. The first-order chi connectivity index (χ1) is 14.1. The van der Waals surface area contributed by atoms with Crippen LogP contribution in [0, 0.1) is 17.8 Å². The number of carbonyl (C=O) groups excluding carboxylic acids is 1. The maximum Gasteiger partial charge on any atom is 0.296 e. The zero-order valence-electron chi connectivity index (χ0n) is 16.3. The second-order valence-corrected chi connectivity index (χ2v) is 9.90. The normalized spacial score (nSPS) is 30.0. The van der Waals surface area contributed by atoms with Gasteiger partial charge < -0.3 is 5.32 Å². The summed E-state index contributed by atoms with van der Waals surface area (Å²) in [6.07, 6.45) is 9.55. The number of rotatable bonds is 3. The van der Waals surface area contributed by atoms with E-state index < -0.39 is 0 Å². The van der Waals surface area contributed by atoms with Crippen molar-refractivity contribution in [2.24, 2.45) is 17.8 Å². The summed E-state index contributed by atoms with van der Waals surface area (Å²) in [5.74, 6) is 3.30. The molecule has 29 heavy (non-hydrogen) atoms. The molecule has 4 bridgehead atoms. The SMILES string of the molecule is O=C(NC12CC3CC(CC(C3)C1)C2)c1[nH]c(-c2cccc(Cl)c2)[n+]2ccccc12. The average molecular weight is 407 g/mol. The minimum absolute atomic E-state index is 0.00106. The van der Waals surface area contributed by atoms with E-state index in [4.69, 9.17) is 11.6 Å². The van der Waals surface area contributed by atoms with Gasteiger partial charge in [0.25, 0.3) is 11.7 Å². The number of H-pyrrole nitrogens is 1. The van der Waals surface area contributed by atoms with Gasteiger partial charge in [0.1, 0.15) is 0 Å². The second-order valence-electron chi connectivity index (χ2n) is 9.47. The summed E-state index contributed by atoms with van der Waals surface area (Å²) >= 11 is 6.22. The molecule has 1 amide bonds. The van der Waals surface area contributed by atoms with Gasteiger partial charge in [-0.25, -0.2) is 4.98 Å². The third kappa shape index (κ3) is 2.88. The predicted molar refractivity (Wildman–Crippen MR) is 113 cm³/mol. The van der Waals surface area contributed by atoms with E-state index in [0.717, 1.165) is 53.9 Å². The summed E-state index contributed by atoms with van der Waals surface area (Å²) in [6, 6.07) is 13.7. The van der Waals surface area contributed by atoms with E-state index in [1.807, 2.05) is 53.1 Å². The van der Waals surface area contributed by atoms with E-state index in [1.54, 1.807) is 0 Å². The molecule has 148 valence electrons. The highest BCUT2D eigenvalue weighted by molar-refractivity contribution is 6.30. The van der Waals surface area contributed by atoms with Gasteiger partial charge in [0.2, 0.25) is 5.69 Å². The van der Waals surface area contributed by atoms with Gasteiger partial charge in [-0.2, -0.15) is 4.40 Å². The molecule has 0 unspecified atom stereocenters. The molecule has 0 saturated heterocycles. The lowest BCUT2D eigenvalue weighted by atomic mass is 9.53. The molecule has 4 saturated carbocycles. The van der Waals surface area contributed by atoms with E-state index in [-0.39, 0.29) is 11.4 Å². The highest BCUT2D eigenvalue weighted by atomic mass is 35.5. The predicted octanol–water partition coefficient (Wildman–Crippen LogP) is 4.77. The van der Waals surface area contributed by atoms with Gasteiger partial charge in [0.05, 0.1) is 11.8 Å². The Hall–Kier alpha value is -2.33. The molecule has 5 heteroatoms. The lowest BCUT2D eigenvalue weighted by molar-refractivity contribution is -0.498. The topological polar surface area (TPSA) is 49.0 Å². The Balaban J connectivity index is 1.38. The van der Waals surface area contributed by atoms with E-state index >= 15 is 0 Å². The Bertz CT molecular complexity index is 1080. The van der Waals surface area contributed by atoms with Crippen LogP contribution in [0.2, 0.25) is 5.02 Å². The smallest absolute Gasteiger partial charge is 0.296 e. The van der Waals surface area contributed by atoms with Crippen LogP contribution in [0.3, 0.4) is 0 Å². The Kier molecular flexibility index (Phi) is 3.83. The monoisotopic (exact) mass is 406 g/mol. The molecule has 4 aliphatic carbocycles. The number of hydrogen-bond acceptors (Lipinski definition) is 1. The summed E-state index contributed by atoms with van der Waals surface area (Å²) in [5, 5.41) is 4.18. The molecule has 0 aliphatic heterocycles. The first-order valence-corrected chi connectivity index (χ1v) is 11.1. The van der Waals surface area contributed by atoms with Crippen molar-refractivity contribution in [3.8, 4) is 11.4 Å². The molecular weight excluding hydrogens is 382 g/mol. The molecule has 7 rings (SSSR count). The fourth-order valence-electron chi connectivity index (χ4n) is 6.67. The summed E-state index contributed by atoms with van der Waals surface area (Å²) < 4.78 is 2.04. The minimum Gasteiger partial charge on any atom is -0.343 e. The van der Waals surface area contributed by atoms with Crippen molar-refractivity contribution < 1.29 is 9.20 Å². The van der Waals surface area contributed by atoms with Crippen molar-refractivity contribution >= 4 is 23.0 Å². The number of benzene rings is 1. The van der Waals surface area contributed by atoms with Crippen molar-refractivity contribution in [1.29, 1.82) is 0 Å². The van der Waals surface area contributed by atoms with Crippen LogP contribution in [0.1, 0.15) is 49.0 Å². The number of hydrogen-bond donors (Lipinski definition) is 2. The number of halogens is 1. The summed E-state index contributed by atoms with van der Waals surface area (Å²) in [6.45, 7) is 0. The molecule has 3 aromatic rings. The second kappa shape index (κ2) is 6.33. The number of nitrogens with one attached hydrogen (secondary N) is 2. The van der Waals surface area contributed by atoms with Gasteiger partial charge >= 0.3 is 0 Å². The Labute approximate surface area is 175 Å². The van der Waals surface area contributed by atoms with Crippen molar-refractivity contribution in [2.75, 3.05) is 0 Å². The van der Waals surface area contributed by atoms with Crippen LogP contribution in [0.4, 0.5) is 0 Å². The molecule has 4 nitrogen and oxygen atoms in total. The van der Waals surface area contributed by atoms with Crippen LogP contribution >= 0.6 is 11.6 Å². The van der Waals surface area contributed by atoms with E-state index in [2.05, 4.69) is 10.3 Å². The van der Waals surface area contributed by atoms with E-state index in [1.165, 1.54) is 19.3 Å². The fraction of sp³-hybridized carbons (Fsp3) is 0.417. The van der Waals surface area contributed by atoms with Gasteiger partial charge in [-0.1, -0.05) is 23.7 Å². The molecule has 2 aromatic heterocycles. The molecular formula is C24H25ClN3O+. The molecule has 4 fully saturated rings. The number of fused-ring (bicyclic) bond motifs is 1. The maximum absolute atomic E-state index is 13.5. The molecule has 4 aliphatic rings. The van der Waals surface area contributed by atoms with Gasteiger partial charge in [-0.15, -0.1) is 0 Å². The molecule has 1 aromatic carbocycles. The zero-order chi connectivity index (χ0) is 19.6. The Morgan fingerprint density at radius 2 is 1.76 bits per heavy atom. The number of nitrogens with zero attached hydrogens (tertiary/aromatic N) is 1. The van der Waals surface area contributed by atoms with Crippen molar-refractivity contribution in [1.82, 2.24) is 10.3 Å². The molecule has 2 N–H and O–H groups in total. The largest absolute Gasteiger partial charge is 0.343 e. The first kappa shape index (κ1) is 17.5. The molecule has 0 atom stereocenters. The van der Waals surface area contributed by atoms with Crippen LogP contribution in [-0.4, -0.2) is 16.4 Å². The maximum atomic E-state index is 13.5. The first-order valence-electron chi connectivity index (χ1n) is 10.7. The summed E-state index contributed by atoms with van der Waals surface area (Å²) in [7, 11) is 0. The zero-order valence-corrected chi connectivity index (χ0v) is 17.1. The molecule has 0 spiro atoms. The van der Waals surface area contributed by atoms with Crippen LogP contribution < -0.4 is 9.72 Å². The van der Waals surface area contributed by atoms with Crippen molar-refractivity contribution in [2.45, 2.75) is 44.1 Å². The number of aromatic nitrogens is 2. The average Bonchev–Trinajstić information content (AvgIpc) is 3.06. The summed E-state index contributed by atoms with van der Waals surface area (Å²) in [4.78, 5) is 16.9. The number of carbonyl (C=O) groups is 1. The number of aromatic amines is 1. The van der Waals surface area contributed by atoms with Crippen LogP contribution in [0.25, 0.3) is 16.9 Å². The fourth-order valence-corrected chi connectivity index (χ4v) is 6.86. The van der Waals surface area contributed by atoms with Crippen LogP contribution in [0.5, 0.6) is 0 Å². The Morgan fingerprint density at radius 1 is 1.03 bits per heavy atom. The molecule has 2 heterocycles. The van der Waals surface area contributed by atoms with Crippen LogP contribution in [-0.2, 0) is 0 Å². The molecule has 0 radical (unpaired) electrons. The van der Waals surface area contributed by atoms with Gasteiger partial charge in [-0.3, -0.25) is 4.79 Å². The van der Waals surface area contributed by atoms with Crippen molar-refractivity contribution in [3.63, 3.8) is 0 Å². The Morgan fingerprint density at radius 3 is 2.45 bits per heavy atom. The number of pyridine rings is 1. The van der Waals surface area contributed by atoms with Gasteiger partial charge in [0, 0.05) is 10.6 Å².